The quantitative estimate of drug-likeness (QED) is 0.884. The average molecular weight is 327 g/mol. The maximum absolute atomic E-state index is 12.4. The molecule has 2 heterocycles. The highest BCUT2D eigenvalue weighted by Gasteiger charge is 2.19. The Labute approximate surface area is 141 Å². The topological polar surface area (TPSA) is 65.4 Å². The van der Waals surface area contributed by atoms with Crippen molar-refractivity contribution in [2.24, 2.45) is 0 Å². The van der Waals surface area contributed by atoms with E-state index < -0.39 is 0 Å². The van der Waals surface area contributed by atoms with Crippen molar-refractivity contribution in [3.8, 4) is 11.5 Å². The average Bonchev–Trinajstić information content (AvgIpc) is 3.07. The second-order valence-corrected chi connectivity index (χ2v) is 5.72. The summed E-state index contributed by atoms with van der Waals surface area (Å²) in [4.78, 5) is 16.4. The summed E-state index contributed by atoms with van der Waals surface area (Å²) in [5.74, 6) is 1.42. The van der Waals surface area contributed by atoms with Crippen LogP contribution in [0.4, 0.5) is 0 Å². The van der Waals surface area contributed by atoms with Crippen LogP contribution in [0, 0.1) is 0 Å². The third-order valence-corrected chi connectivity index (χ3v) is 3.72. The van der Waals surface area contributed by atoms with Gasteiger partial charge in [-0.3, -0.25) is 4.79 Å². The van der Waals surface area contributed by atoms with Crippen molar-refractivity contribution in [3.05, 3.63) is 48.1 Å². The Balaban J connectivity index is 1.67. The molecule has 1 unspecified atom stereocenters. The maximum Gasteiger partial charge on any atom is 0.250 e. The molecule has 6 heteroatoms. The van der Waals surface area contributed by atoms with Crippen LogP contribution in [0.5, 0.6) is 11.5 Å². The minimum atomic E-state index is -0.116. The Hall–Kier alpha value is -2.76. The standard InChI is InChI=1S/C18H21N3O3/c1-3-23-16-4-5-17-14(9-16)8-15(11-24-17)18(22)20-13(2)10-21-7-6-19-12-21/h4-9,12-13H,3,10-11H2,1-2H3,(H,20,22). The van der Waals surface area contributed by atoms with E-state index in [-0.39, 0.29) is 18.6 Å². The molecule has 1 aliphatic heterocycles. The van der Waals surface area contributed by atoms with Gasteiger partial charge in [0.15, 0.2) is 0 Å². The van der Waals surface area contributed by atoms with Gasteiger partial charge in [-0.25, -0.2) is 4.98 Å². The summed E-state index contributed by atoms with van der Waals surface area (Å²) < 4.78 is 13.1. The van der Waals surface area contributed by atoms with Crippen molar-refractivity contribution in [1.82, 2.24) is 14.9 Å². The van der Waals surface area contributed by atoms with E-state index in [9.17, 15) is 4.79 Å². The summed E-state index contributed by atoms with van der Waals surface area (Å²) in [6, 6.07) is 5.62. The number of rotatable bonds is 6. The highest BCUT2D eigenvalue weighted by molar-refractivity contribution is 5.99. The maximum atomic E-state index is 12.4. The van der Waals surface area contributed by atoms with Crippen molar-refractivity contribution in [1.29, 1.82) is 0 Å². The summed E-state index contributed by atoms with van der Waals surface area (Å²) in [6.45, 7) is 5.44. The molecule has 24 heavy (non-hydrogen) atoms. The van der Waals surface area contributed by atoms with E-state index in [1.54, 1.807) is 12.5 Å². The van der Waals surface area contributed by atoms with Gasteiger partial charge in [-0.05, 0) is 38.1 Å². The molecular formula is C18H21N3O3. The fraction of sp³-hybridized carbons (Fsp3) is 0.333. The minimum absolute atomic E-state index is 0.0104. The van der Waals surface area contributed by atoms with Crippen LogP contribution in [0.2, 0.25) is 0 Å². The summed E-state index contributed by atoms with van der Waals surface area (Å²) >= 11 is 0. The van der Waals surface area contributed by atoms with E-state index in [4.69, 9.17) is 9.47 Å². The molecule has 1 aromatic carbocycles. The first-order chi connectivity index (χ1) is 11.7. The number of hydrogen-bond donors (Lipinski definition) is 1. The molecule has 0 radical (unpaired) electrons. The molecule has 1 N–H and O–H groups in total. The lowest BCUT2D eigenvalue weighted by molar-refractivity contribution is -0.118. The molecule has 1 aliphatic rings. The minimum Gasteiger partial charge on any atom is -0.494 e. The Morgan fingerprint density at radius 2 is 2.38 bits per heavy atom. The van der Waals surface area contributed by atoms with E-state index in [0.29, 0.717) is 18.7 Å². The summed E-state index contributed by atoms with van der Waals surface area (Å²) in [5.41, 5.74) is 1.47. The third kappa shape index (κ3) is 3.76. The van der Waals surface area contributed by atoms with Crippen LogP contribution in [0.3, 0.4) is 0 Å². The van der Waals surface area contributed by atoms with Crippen molar-refractivity contribution in [2.75, 3.05) is 13.2 Å². The predicted octanol–water partition coefficient (Wildman–Crippen LogP) is 2.26. The highest BCUT2D eigenvalue weighted by atomic mass is 16.5. The SMILES string of the molecule is CCOc1ccc2c(c1)C=C(C(=O)NC(C)Cn1ccnc1)CO2. The number of nitrogens with zero attached hydrogens (tertiary/aromatic N) is 2. The van der Waals surface area contributed by atoms with Gasteiger partial charge in [0.2, 0.25) is 0 Å². The van der Waals surface area contributed by atoms with Gasteiger partial charge in [0.25, 0.3) is 5.91 Å². The first kappa shape index (κ1) is 16.1. The number of ether oxygens (including phenoxy) is 2. The molecule has 3 rings (SSSR count). The van der Waals surface area contributed by atoms with Crippen LogP contribution < -0.4 is 14.8 Å². The van der Waals surface area contributed by atoms with E-state index >= 15 is 0 Å². The van der Waals surface area contributed by atoms with E-state index in [2.05, 4.69) is 10.3 Å². The zero-order valence-electron chi connectivity index (χ0n) is 13.9. The molecule has 0 spiro atoms. The largest absolute Gasteiger partial charge is 0.494 e. The molecule has 0 saturated carbocycles. The number of aromatic nitrogens is 2. The molecule has 6 nitrogen and oxygen atoms in total. The lowest BCUT2D eigenvalue weighted by Crippen LogP contribution is -2.37. The fourth-order valence-corrected chi connectivity index (χ4v) is 2.62. The Morgan fingerprint density at radius 1 is 1.50 bits per heavy atom. The first-order valence-electron chi connectivity index (χ1n) is 8.02. The molecule has 0 saturated heterocycles. The highest BCUT2D eigenvalue weighted by Crippen LogP contribution is 2.30. The Kier molecular flexibility index (Phi) is 4.84. The summed E-state index contributed by atoms with van der Waals surface area (Å²) in [6.07, 6.45) is 7.19. The van der Waals surface area contributed by atoms with Gasteiger partial charge in [-0.15, -0.1) is 0 Å². The lowest BCUT2D eigenvalue weighted by atomic mass is 10.1. The Bertz CT molecular complexity index is 738. The zero-order valence-corrected chi connectivity index (χ0v) is 13.9. The lowest BCUT2D eigenvalue weighted by Gasteiger charge is -2.20. The van der Waals surface area contributed by atoms with Gasteiger partial charge in [-0.2, -0.15) is 0 Å². The predicted molar refractivity (Wildman–Crippen MR) is 90.9 cm³/mol. The number of amides is 1. The third-order valence-electron chi connectivity index (χ3n) is 3.72. The number of fused-ring (bicyclic) bond motifs is 1. The zero-order chi connectivity index (χ0) is 16.9. The number of carbonyl (C=O) groups is 1. The molecule has 0 bridgehead atoms. The van der Waals surface area contributed by atoms with Gasteiger partial charge in [0.1, 0.15) is 18.1 Å². The second kappa shape index (κ2) is 7.21. The van der Waals surface area contributed by atoms with Gasteiger partial charge in [-0.1, -0.05) is 0 Å². The van der Waals surface area contributed by atoms with Crippen molar-refractivity contribution in [3.63, 3.8) is 0 Å². The summed E-state index contributed by atoms with van der Waals surface area (Å²) in [5, 5.41) is 2.99. The number of carbonyl (C=O) groups excluding carboxylic acids is 1. The van der Waals surface area contributed by atoms with Gasteiger partial charge in [0, 0.05) is 30.5 Å². The molecule has 1 aromatic heterocycles. The molecule has 1 atom stereocenters. The fourth-order valence-electron chi connectivity index (χ4n) is 2.62. The molecule has 1 amide bonds. The van der Waals surface area contributed by atoms with Gasteiger partial charge < -0.3 is 19.4 Å². The van der Waals surface area contributed by atoms with Crippen molar-refractivity contribution in [2.45, 2.75) is 26.4 Å². The summed E-state index contributed by atoms with van der Waals surface area (Å²) in [7, 11) is 0. The smallest absolute Gasteiger partial charge is 0.250 e. The monoisotopic (exact) mass is 327 g/mol. The molecule has 0 aliphatic carbocycles. The van der Waals surface area contributed by atoms with Crippen LogP contribution in [0.1, 0.15) is 19.4 Å². The number of nitrogens with one attached hydrogen (secondary N) is 1. The number of imidazole rings is 1. The van der Waals surface area contributed by atoms with Crippen LogP contribution >= 0.6 is 0 Å². The Morgan fingerprint density at radius 3 is 3.12 bits per heavy atom. The van der Waals surface area contributed by atoms with Crippen LogP contribution in [0.25, 0.3) is 6.08 Å². The number of hydrogen-bond acceptors (Lipinski definition) is 4. The number of benzene rings is 1. The van der Waals surface area contributed by atoms with Crippen LogP contribution in [-0.4, -0.2) is 34.7 Å². The second-order valence-electron chi connectivity index (χ2n) is 5.72. The first-order valence-corrected chi connectivity index (χ1v) is 8.02. The van der Waals surface area contributed by atoms with E-state index in [1.165, 1.54) is 0 Å². The molecular weight excluding hydrogens is 306 g/mol. The molecule has 2 aromatic rings. The van der Waals surface area contributed by atoms with E-state index in [1.807, 2.05) is 48.9 Å². The van der Waals surface area contributed by atoms with Gasteiger partial charge in [0.05, 0.1) is 18.5 Å². The van der Waals surface area contributed by atoms with Crippen LogP contribution in [-0.2, 0) is 11.3 Å². The van der Waals surface area contributed by atoms with Crippen LogP contribution in [0.15, 0.2) is 42.5 Å². The molecule has 0 fully saturated rings. The van der Waals surface area contributed by atoms with Crippen molar-refractivity contribution < 1.29 is 14.3 Å². The van der Waals surface area contributed by atoms with Gasteiger partial charge >= 0.3 is 0 Å². The van der Waals surface area contributed by atoms with Crippen molar-refractivity contribution >= 4 is 12.0 Å². The molecule has 126 valence electrons. The normalized spacial score (nSPS) is 14.2. The van der Waals surface area contributed by atoms with E-state index in [0.717, 1.165) is 17.1 Å².